The highest BCUT2D eigenvalue weighted by atomic mass is 35.5. The van der Waals surface area contributed by atoms with Crippen molar-refractivity contribution in [1.29, 1.82) is 0 Å². The number of anilines is 1. The van der Waals surface area contributed by atoms with Gasteiger partial charge in [0.15, 0.2) is 0 Å². The number of benzene rings is 1. The van der Waals surface area contributed by atoms with Crippen LogP contribution in [-0.2, 0) is 12.8 Å². The number of likely N-dealkylation sites (N-methyl/N-ethyl adjacent to an activating group) is 1. The first-order valence-corrected chi connectivity index (χ1v) is 6.04. The van der Waals surface area contributed by atoms with Crippen LogP contribution in [0.3, 0.4) is 0 Å². The summed E-state index contributed by atoms with van der Waals surface area (Å²) in [5, 5.41) is 0. The number of nitrogens with zero attached hydrogens (tertiary/aromatic N) is 2. The Morgan fingerprint density at radius 3 is 2.16 bits per heavy atom. The molecule has 0 bridgehead atoms. The van der Waals surface area contributed by atoms with Crippen molar-refractivity contribution in [2.75, 3.05) is 11.9 Å². The molecule has 102 valence electrons. The minimum Gasteiger partial charge on any atom is -0.370 e. The largest absolute Gasteiger partial charge is 0.370 e. The van der Waals surface area contributed by atoms with Gasteiger partial charge in [0, 0.05) is 19.3 Å². The van der Waals surface area contributed by atoms with Gasteiger partial charge in [-0.25, -0.2) is 0 Å². The van der Waals surface area contributed by atoms with Crippen molar-refractivity contribution in [2.45, 2.75) is 18.9 Å². The van der Waals surface area contributed by atoms with Gasteiger partial charge in [0.25, 0.3) is 0 Å². The maximum absolute atomic E-state index is 4.18. The summed E-state index contributed by atoms with van der Waals surface area (Å²) in [6.45, 7) is 0. The summed E-state index contributed by atoms with van der Waals surface area (Å²) < 4.78 is 0. The molecule has 0 unspecified atom stereocenters. The molecule has 1 heterocycles. The van der Waals surface area contributed by atoms with Gasteiger partial charge in [-0.2, -0.15) is 0 Å². The molecule has 2 aromatic rings. The van der Waals surface area contributed by atoms with E-state index in [0.29, 0.717) is 6.04 Å². The first-order valence-electron chi connectivity index (χ1n) is 6.04. The van der Waals surface area contributed by atoms with Gasteiger partial charge in [-0.1, -0.05) is 24.3 Å². The fourth-order valence-electron chi connectivity index (χ4n) is 2.58. The van der Waals surface area contributed by atoms with E-state index < -0.39 is 0 Å². The number of halogens is 2. The van der Waals surface area contributed by atoms with E-state index in [0.717, 1.165) is 12.8 Å². The number of aromatic nitrogens is 1. The Balaban J connectivity index is 0.000000902. The molecular weight excluding hydrogens is 279 g/mol. The zero-order chi connectivity index (χ0) is 11.7. The molecule has 3 rings (SSSR count). The lowest BCUT2D eigenvalue weighted by atomic mass is 10.1. The minimum absolute atomic E-state index is 0. The summed E-state index contributed by atoms with van der Waals surface area (Å²) in [6, 6.07) is 13.4. The molecular formula is C15H18Cl2N2. The molecule has 0 radical (unpaired) electrons. The van der Waals surface area contributed by atoms with E-state index in [1.807, 2.05) is 18.5 Å². The predicted molar refractivity (Wildman–Crippen MR) is 84.8 cm³/mol. The normalized spacial score (nSPS) is 13.1. The Hall–Kier alpha value is -1.25. The van der Waals surface area contributed by atoms with Crippen LogP contribution < -0.4 is 4.90 Å². The first kappa shape index (κ1) is 15.8. The standard InChI is InChI=1S/C15H16N2.2ClH/c1-17(14-7-4-8-16-11-14)15-9-12-5-2-3-6-13(12)10-15;;/h2-8,11,15H,9-10H2,1H3;2*1H. The van der Waals surface area contributed by atoms with Crippen LogP contribution in [0.2, 0.25) is 0 Å². The number of pyridine rings is 1. The van der Waals surface area contributed by atoms with Gasteiger partial charge in [-0.05, 0) is 36.1 Å². The van der Waals surface area contributed by atoms with E-state index in [4.69, 9.17) is 0 Å². The van der Waals surface area contributed by atoms with E-state index in [1.54, 1.807) is 0 Å². The Morgan fingerprint density at radius 2 is 1.63 bits per heavy atom. The van der Waals surface area contributed by atoms with E-state index in [-0.39, 0.29) is 24.8 Å². The highest BCUT2D eigenvalue weighted by Gasteiger charge is 2.24. The highest BCUT2D eigenvalue weighted by Crippen LogP contribution is 2.27. The zero-order valence-corrected chi connectivity index (χ0v) is 12.5. The van der Waals surface area contributed by atoms with Gasteiger partial charge in [0.1, 0.15) is 0 Å². The molecule has 0 atom stereocenters. The second-order valence-electron chi connectivity index (χ2n) is 4.65. The molecule has 19 heavy (non-hydrogen) atoms. The lowest BCUT2D eigenvalue weighted by Crippen LogP contribution is -2.32. The molecule has 0 aliphatic heterocycles. The molecule has 0 N–H and O–H groups in total. The quantitative estimate of drug-likeness (QED) is 0.843. The van der Waals surface area contributed by atoms with Crippen LogP contribution in [0.4, 0.5) is 5.69 Å². The number of hydrogen-bond acceptors (Lipinski definition) is 2. The molecule has 1 aliphatic carbocycles. The summed E-state index contributed by atoms with van der Waals surface area (Å²) in [4.78, 5) is 6.52. The predicted octanol–water partition coefficient (Wildman–Crippen LogP) is 3.53. The topological polar surface area (TPSA) is 16.1 Å². The van der Waals surface area contributed by atoms with Gasteiger partial charge in [0.05, 0.1) is 11.9 Å². The van der Waals surface area contributed by atoms with Crippen molar-refractivity contribution in [1.82, 2.24) is 4.98 Å². The molecule has 1 aliphatic rings. The van der Waals surface area contributed by atoms with Gasteiger partial charge < -0.3 is 4.90 Å². The second-order valence-corrected chi connectivity index (χ2v) is 4.65. The summed E-state index contributed by atoms with van der Waals surface area (Å²) >= 11 is 0. The number of hydrogen-bond donors (Lipinski definition) is 0. The SMILES string of the molecule is CN(c1cccnc1)C1Cc2ccccc2C1.Cl.Cl. The third kappa shape index (κ3) is 3.20. The van der Waals surface area contributed by atoms with Crippen LogP contribution in [0.15, 0.2) is 48.8 Å². The van der Waals surface area contributed by atoms with E-state index in [2.05, 4.69) is 47.3 Å². The Bertz CT molecular complexity index is 492. The van der Waals surface area contributed by atoms with Crippen molar-refractivity contribution in [3.8, 4) is 0 Å². The van der Waals surface area contributed by atoms with Crippen LogP contribution in [0.1, 0.15) is 11.1 Å². The Labute approximate surface area is 126 Å². The summed E-state index contributed by atoms with van der Waals surface area (Å²) in [5.41, 5.74) is 4.19. The number of fused-ring (bicyclic) bond motifs is 1. The van der Waals surface area contributed by atoms with Crippen molar-refractivity contribution in [2.24, 2.45) is 0 Å². The third-order valence-corrected chi connectivity index (χ3v) is 3.63. The molecule has 0 amide bonds. The van der Waals surface area contributed by atoms with Crippen LogP contribution >= 0.6 is 24.8 Å². The molecule has 0 saturated heterocycles. The van der Waals surface area contributed by atoms with Gasteiger partial charge in [-0.3, -0.25) is 4.98 Å². The summed E-state index contributed by atoms with van der Waals surface area (Å²) in [7, 11) is 2.16. The van der Waals surface area contributed by atoms with Crippen molar-refractivity contribution >= 4 is 30.5 Å². The van der Waals surface area contributed by atoms with Crippen LogP contribution in [-0.4, -0.2) is 18.1 Å². The van der Waals surface area contributed by atoms with Crippen molar-refractivity contribution in [3.63, 3.8) is 0 Å². The highest BCUT2D eigenvalue weighted by molar-refractivity contribution is 5.85. The molecule has 1 aromatic heterocycles. The van der Waals surface area contributed by atoms with E-state index >= 15 is 0 Å². The van der Waals surface area contributed by atoms with Crippen LogP contribution in [0.25, 0.3) is 0 Å². The van der Waals surface area contributed by atoms with Gasteiger partial charge in [-0.15, -0.1) is 24.8 Å². The van der Waals surface area contributed by atoms with Crippen molar-refractivity contribution in [3.05, 3.63) is 59.9 Å². The zero-order valence-electron chi connectivity index (χ0n) is 10.8. The molecule has 0 saturated carbocycles. The van der Waals surface area contributed by atoms with Crippen LogP contribution in [0.5, 0.6) is 0 Å². The van der Waals surface area contributed by atoms with E-state index in [1.165, 1.54) is 16.8 Å². The van der Waals surface area contributed by atoms with Crippen molar-refractivity contribution < 1.29 is 0 Å². The van der Waals surface area contributed by atoms with Gasteiger partial charge in [0.2, 0.25) is 0 Å². The van der Waals surface area contributed by atoms with Crippen LogP contribution in [0, 0.1) is 0 Å². The fourth-order valence-corrected chi connectivity index (χ4v) is 2.58. The lowest BCUT2D eigenvalue weighted by molar-refractivity contribution is 0.666. The Kier molecular flexibility index (Phi) is 5.64. The molecule has 0 fully saturated rings. The lowest BCUT2D eigenvalue weighted by Gasteiger charge is -2.26. The van der Waals surface area contributed by atoms with E-state index in [9.17, 15) is 0 Å². The maximum atomic E-state index is 4.18. The molecule has 1 aromatic carbocycles. The third-order valence-electron chi connectivity index (χ3n) is 3.63. The minimum atomic E-state index is 0. The number of rotatable bonds is 2. The average Bonchev–Trinajstić information content (AvgIpc) is 2.82. The fraction of sp³-hybridized carbons (Fsp3) is 0.267. The average molecular weight is 297 g/mol. The second kappa shape index (κ2) is 6.78. The van der Waals surface area contributed by atoms with Gasteiger partial charge >= 0.3 is 0 Å². The maximum Gasteiger partial charge on any atom is 0.0552 e. The monoisotopic (exact) mass is 296 g/mol. The first-order chi connectivity index (χ1) is 8.34. The molecule has 2 nitrogen and oxygen atoms in total. The summed E-state index contributed by atoms with van der Waals surface area (Å²) in [5.74, 6) is 0. The smallest absolute Gasteiger partial charge is 0.0552 e. The Morgan fingerprint density at radius 1 is 1.00 bits per heavy atom. The summed E-state index contributed by atoms with van der Waals surface area (Å²) in [6.07, 6.45) is 6.03. The molecule has 0 spiro atoms. The molecule has 4 heteroatoms.